The van der Waals surface area contributed by atoms with Crippen molar-refractivity contribution in [3.8, 4) is 0 Å². The van der Waals surface area contributed by atoms with Gasteiger partial charge in [0.05, 0.1) is 0 Å². The predicted octanol–water partition coefficient (Wildman–Crippen LogP) is 1.48. The Morgan fingerprint density at radius 3 is 2.60 bits per heavy atom. The van der Waals surface area contributed by atoms with Gasteiger partial charge in [-0.15, -0.1) is 0 Å². The van der Waals surface area contributed by atoms with Crippen LogP contribution in [0.3, 0.4) is 0 Å². The van der Waals surface area contributed by atoms with Crippen molar-refractivity contribution >= 4 is 15.9 Å². The molecule has 0 aromatic heterocycles. The Bertz CT molecular complexity index is 455. The van der Waals surface area contributed by atoms with Crippen LogP contribution in [0.25, 0.3) is 0 Å². The van der Waals surface area contributed by atoms with E-state index in [0.29, 0.717) is 13.1 Å². The number of sulfonamides is 1. The molecular formula is C14H24N2O3S. The van der Waals surface area contributed by atoms with Gasteiger partial charge < -0.3 is 4.90 Å². The third-order valence-corrected chi connectivity index (χ3v) is 5.35. The number of carbonyl (C=O) groups is 1. The summed E-state index contributed by atoms with van der Waals surface area (Å²) < 4.78 is 25.1. The molecule has 20 heavy (non-hydrogen) atoms. The molecule has 5 nitrogen and oxygen atoms in total. The van der Waals surface area contributed by atoms with E-state index in [1.165, 1.54) is 6.42 Å². The second-order valence-corrected chi connectivity index (χ2v) is 7.55. The molecule has 1 saturated heterocycles. The first kappa shape index (κ1) is 15.5. The highest BCUT2D eigenvalue weighted by Crippen LogP contribution is 2.27. The summed E-state index contributed by atoms with van der Waals surface area (Å²) in [6.45, 7) is 5.09. The van der Waals surface area contributed by atoms with E-state index in [0.717, 1.165) is 44.1 Å². The fourth-order valence-corrected chi connectivity index (χ4v) is 3.69. The summed E-state index contributed by atoms with van der Waals surface area (Å²) in [6.07, 6.45) is 6.47. The van der Waals surface area contributed by atoms with Crippen LogP contribution < -0.4 is 4.72 Å². The molecule has 1 N–H and O–H groups in total. The number of carbonyl (C=O) groups excluding carboxylic acids is 1. The Kier molecular flexibility index (Phi) is 5.21. The van der Waals surface area contributed by atoms with Crippen LogP contribution in [0, 0.1) is 11.8 Å². The number of likely N-dealkylation sites (tertiary alicyclic amines) is 1. The molecular weight excluding hydrogens is 276 g/mol. The molecule has 6 heteroatoms. The van der Waals surface area contributed by atoms with Crippen LogP contribution in [0.15, 0.2) is 12.0 Å². The topological polar surface area (TPSA) is 66.5 Å². The van der Waals surface area contributed by atoms with Gasteiger partial charge in [0.15, 0.2) is 0 Å². The van der Waals surface area contributed by atoms with Crippen LogP contribution in [-0.4, -0.2) is 38.9 Å². The highest BCUT2D eigenvalue weighted by atomic mass is 32.2. The summed E-state index contributed by atoms with van der Waals surface area (Å²) in [7, 11) is -3.35. The second kappa shape index (κ2) is 6.72. The lowest BCUT2D eigenvalue weighted by molar-refractivity contribution is -0.135. The molecule has 1 saturated carbocycles. The fourth-order valence-electron chi connectivity index (χ4n) is 3.10. The van der Waals surface area contributed by atoms with Gasteiger partial charge in [0, 0.05) is 31.0 Å². The standard InChI is InChI=1S/C14H24N2O3S/c1-2-20(18,19)15-10-12-8-9-16(11-12)14(17)13-6-4-3-5-7-13/h2,12-13,15H,1,3-11H2/t12-/m1/s1. The van der Waals surface area contributed by atoms with Crippen LogP contribution in [0.2, 0.25) is 0 Å². The molecule has 0 aromatic carbocycles. The van der Waals surface area contributed by atoms with Crippen LogP contribution in [0.1, 0.15) is 38.5 Å². The SMILES string of the molecule is C=CS(=O)(=O)NC[C@H]1CCN(C(=O)C2CCCCC2)C1. The van der Waals surface area contributed by atoms with Crippen molar-refractivity contribution in [2.24, 2.45) is 11.8 Å². The zero-order chi connectivity index (χ0) is 14.6. The largest absolute Gasteiger partial charge is 0.342 e. The summed E-state index contributed by atoms with van der Waals surface area (Å²) in [5.41, 5.74) is 0. The Morgan fingerprint density at radius 1 is 1.25 bits per heavy atom. The summed E-state index contributed by atoms with van der Waals surface area (Å²) in [6, 6.07) is 0. The van der Waals surface area contributed by atoms with Crippen molar-refractivity contribution in [2.45, 2.75) is 38.5 Å². The van der Waals surface area contributed by atoms with Crippen molar-refractivity contribution in [1.82, 2.24) is 9.62 Å². The Hall–Kier alpha value is -0.880. The third-order valence-electron chi connectivity index (χ3n) is 4.34. The molecule has 114 valence electrons. The molecule has 1 atom stereocenters. The third kappa shape index (κ3) is 4.06. The predicted molar refractivity (Wildman–Crippen MR) is 78.4 cm³/mol. The summed E-state index contributed by atoms with van der Waals surface area (Å²) in [5.74, 6) is 0.698. The van der Waals surface area contributed by atoms with Crippen molar-refractivity contribution < 1.29 is 13.2 Å². The van der Waals surface area contributed by atoms with E-state index in [2.05, 4.69) is 11.3 Å². The summed E-state index contributed by atoms with van der Waals surface area (Å²) >= 11 is 0. The van der Waals surface area contributed by atoms with Crippen molar-refractivity contribution in [3.63, 3.8) is 0 Å². The van der Waals surface area contributed by atoms with E-state index < -0.39 is 10.0 Å². The first-order valence-corrected chi connectivity index (χ1v) is 8.97. The van der Waals surface area contributed by atoms with Crippen LogP contribution in [-0.2, 0) is 14.8 Å². The van der Waals surface area contributed by atoms with E-state index >= 15 is 0 Å². The monoisotopic (exact) mass is 300 g/mol. The zero-order valence-electron chi connectivity index (χ0n) is 11.9. The Balaban J connectivity index is 1.79. The van der Waals surface area contributed by atoms with Crippen LogP contribution >= 0.6 is 0 Å². The molecule has 0 radical (unpaired) electrons. The molecule has 1 aliphatic heterocycles. The number of rotatable bonds is 5. The zero-order valence-corrected chi connectivity index (χ0v) is 12.7. The minimum atomic E-state index is -3.35. The van der Waals surface area contributed by atoms with E-state index in [-0.39, 0.29) is 17.7 Å². The average molecular weight is 300 g/mol. The molecule has 2 rings (SSSR count). The molecule has 1 heterocycles. The van der Waals surface area contributed by atoms with E-state index in [1.54, 1.807) is 0 Å². The van der Waals surface area contributed by atoms with E-state index in [4.69, 9.17) is 0 Å². The van der Waals surface area contributed by atoms with Gasteiger partial charge >= 0.3 is 0 Å². The van der Waals surface area contributed by atoms with Gasteiger partial charge in [-0.25, -0.2) is 13.1 Å². The first-order chi connectivity index (χ1) is 9.52. The molecule has 0 bridgehead atoms. The Morgan fingerprint density at radius 2 is 1.95 bits per heavy atom. The van der Waals surface area contributed by atoms with Crippen molar-refractivity contribution in [2.75, 3.05) is 19.6 Å². The average Bonchev–Trinajstić information content (AvgIpc) is 2.94. The van der Waals surface area contributed by atoms with Gasteiger partial charge in [-0.1, -0.05) is 25.8 Å². The lowest BCUT2D eigenvalue weighted by atomic mass is 9.88. The summed E-state index contributed by atoms with van der Waals surface area (Å²) in [4.78, 5) is 14.3. The van der Waals surface area contributed by atoms with Crippen molar-refractivity contribution in [1.29, 1.82) is 0 Å². The number of hydrogen-bond donors (Lipinski definition) is 1. The number of nitrogens with zero attached hydrogens (tertiary/aromatic N) is 1. The second-order valence-electron chi connectivity index (χ2n) is 5.83. The van der Waals surface area contributed by atoms with Crippen molar-refractivity contribution in [3.05, 3.63) is 12.0 Å². The minimum absolute atomic E-state index is 0.201. The molecule has 0 aromatic rings. The highest BCUT2D eigenvalue weighted by Gasteiger charge is 2.31. The lowest BCUT2D eigenvalue weighted by Crippen LogP contribution is -2.36. The maximum absolute atomic E-state index is 12.4. The van der Waals surface area contributed by atoms with Gasteiger partial charge in [0.2, 0.25) is 15.9 Å². The number of nitrogens with one attached hydrogen (secondary N) is 1. The molecule has 0 spiro atoms. The summed E-state index contributed by atoms with van der Waals surface area (Å²) in [5, 5.41) is 0.924. The maximum atomic E-state index is 12.4. The lowest BCUT2D eigenvalue weighted by Gasteiger charge is -2.26. The van der Waals surface area contributed by atoms with E-state index in [1.807, 2.05) is 4.90 Å². The highest BCUT2D eigenvalue weighted by molar-refractivity contribution is 7.92. The van der Waals surface area contributed by atoms with Crippen LogP contribution in [0.5, 0.6) is 0 Å². The maximum Gasteiger partial charge on any atom is 0.233 e. The van der Waals surface area contributed by atoms with Gasteiger partial charge in [-0.3, -0.25) is 4.79 Å². The van der Waals surface area contributed by atoms with Gasteiger partial charge in [-0.2, -0.15) is 0 Å². The molecule has 2 aliphatic rings. The normalized spacial score (nSPS) is 24.8. The molecule has 0 unspecified atom stereocenters. The quantitative estimate of drug-likeness (QED) is 0.836. The minimum Gasteiger partial charge on any atom is -0.342 e. The van der Waals surface area contributed by atoms with E-state index in [9.17, 15) is 13.2 Å². The van der Waals surface area contributed by atoms with Gasteiger partial charge in [0.1, 0.15) is 0 Å². The van der Waals surface area contributed by atoms with Crippen LogP contribution in [0.4, 0.5) is 0 Å². The number of amides is 1. The number of hydrogen-bond acceptors (Lipinski definition) is 3. The van der Waals surface area contributed by atoms with Gasteiger partial charge in [-0.05, 0) is 25.2 Å². The molecule has 1 amide bonds. The molecule has 1 aliphatic carbocycles. The fraction of sp³-hybridized carbons (Fsp3) is 0.786. The first-order valence-electron chi connectivity index (χ1n) is 7.43. The molecule has 2 fully saturated rings. The Labute approximate surface area is 121 Å². The smallest absolute Gasteiger partial charge is 0.233 e. The van der Waals surface area contributed by atoms with Gasteiger partial charge in [0.25, 0.3) is 0 Å².